The van der Waals surface area contributed by atoms with E-state index in [1.165, 1.54) is 31.0 Å². The smallest absolute Gasteiger partial charge is 0.277 e. The van der Waals surface area contributed by atoms with Gasteiger partial charge in [0.1, 0.15) is 5.75 Å². The SMILES string of the molecule is COc1ccc([N+](=O)[O-])cc1CSc1nnc(-c2ccccc2)o1. The van der Waals surface area contributed by atoms with E-state index in [0.29, 0.717) is 28.2 Å². The Bertz CT molecular complexity index is 852. The number of non-ortho nitro benzene ring substituents is 1. The molecular formula is C16H13N3O4S. The van der Waals surface area contributed by atoms with Crippen molar-refractivity contribution >= 4 is 17.4 Å². The minimum Gasteiger partial charge on any atom is -0.496 e. The second-order valence-electron chi connectivity index (χ2n) is 4.78. The van der Waals surface area contributed by atoms with E-state index in [0.717, 1.165) is 5.56 Å². The number of hydrogen-bond donors (Lipinski definition) is 0. The first-order valence-electron chi connectivity index (χ1n) is 7.00. The summed E-state index contributed by atoms with van der Waals surface area (Å²) in [5.41, 5.74) is 1.54. The summed E-state index contributed by atoms with van der Waals surface area (Å²) in [7, 11) is 1.52. The number of nitrogens with zero attached hydrogens (tertiary/aromatic N) is 3. The predicted molar refractivity (Wildman–Crippen MR) is 88.9 cm³/mol. The fraction of sp³-hybridized carbons (Fsp3) is 0.125. The number of nitro benzene ring substituents is 1. The molecule has 3 rings (SSSR count). The molecule has 2 aromatic carbocycles. The van der Waals surface area contributed by atoms with Crippen molar-refractivity contribution in [2.45, 2.75) is 11.0 Å². The highest BCUT2D eigenvalue weighted by Gasteiger charge is 2.14. The third kappa shape index (κ3) is 3.54. The maximum absolute atomic E-state index is 10.9. The number of rotatable bonds is 6. The number of aromatic nitrogens is 2. The first-order valence-corrected chi connectivity index (χ1v) is 7.99. The normalized spacial score (nSPS) is 10.5. The predicted octanol–water partition coefficient (Wildman–Crippen LogP) is 3.95. The van der Waals surface area contributed by atoms with Crippen molar-refractivity contribution in [3.8, 4) is 17.2 Å². The summed E-state index contributed by atoms with van der Waals surface area (Å²) in [5, 5.41) is 19.3. The van der Waals surface area contributed by atoms with Gasteiger partial charge in [0.15, 0.2) is 0 Å². The van der Waals surface area contributed by atoms with Crippen molar-refractivity contribution in [2.75, 3.05) is 7.11 Å². The van der Waals surface area contributed by atoms with Gasteiger partial charge < -0.3 is 9.15 Å². The van der Waals surface area contributed by atoms with Crippen LogP contribution in [-0.2, 0) is 5.75 Å². The molecule has 0 saturated heterocycles. The van der Waals surface area contributed by atoms with Crippen LogP contribution in [0, 0.1) is 10.1 Å². The molecule has 0 spiro atoms. The van der Waals surface area contributed by atoms with Gasteiger partial charge in [-0.25, -0.2) is 0 Å². The lowest BCUT2D eigenvalue weighted by molar-refractivity contribution is -0.384. The maximum Gasteiger partial charge on any atom is 0.277 e. The van der Waals surface area contributed by atoms with E-state index >= 15 is 0 Å². The van der Waals surface area contributed by atoms with Crippen LogP contribution < -0.4 is 4.74 Å². The van der Waals surface area contributed by atoms with E-state index in [1.807, 2.05) is 30.3 Å². The molecule has 1 heterocycles. The fourth-order valence-corrected chi connectivity index (χ4v) is 2.84. The van der Waals surface area contributed by atoms with Crippen molar-refractivity contribution < 1.29 is 14.1 Å². The number of ether oxygens (including phenoxy) is 1. The van der Waals surface area contributed by atoms with Gasteiger partial charge in [-0.1, -0.05) is 30.0 Å². The lowest BCUT2D eigenvalue weighted by Gasteiger charge is -2.06. The number of nitro groups is 1. The van der Waals surface area contributed by atoms with Gasteiger partial charge in [0.2, 0.25) is 5.89 Å². The first-order chi connectivity index (χ1) is 11.7. The van der Waals surface area contributed by atoms with Crippen LogP contribution in [0.25, 0.3) is 11.5 Å². The van der Waals surface area contributed by atoms with E-state index in [4.69, 9.17) is 9.15 Å². The number of methoxy groups -OCH3 is 1. The van der Waals surface area contributed by atoms with Gasteiger partial charge in [0.25, 0.3) is 10.9 Å². The first kappa shape index (κ1) is 16.0. The second-order valence-corrected chi connectivity index (χ2v) is 5.71. The average molecular weight is 343 g/mol. The Kier molecular flexibility index (Phi) is 4.76. The van der Waals surface area contributed by atoms with Gasteiger partial charge in [-0.05, 0) is 18.2 Å². The summed E-state index contributed by atoms with van der Waals surface area (Å²) < 4.78 is 10.8. The van der Waals surface area contributed by atoms with E-state index < -0.39 is 4.92 Å². The van der Waals surface area contributed by atoms with Crippen molar-refractivity contribution in [3.05, 3.63) is 64.2 Å². The van der Waals surface area contributed by atoms with Gasteiger partial charge >= 0.3 is 0 Å². The number of thioether (sulfide) groups is 1. The van der Waals surface area contributed by atoms with E-state index in [-0.39, 0.29) is 5.69 Å². The Morgan fingerprint density at radius 1 is 1.21 bits per heavy atom. The standard InChI is InChI=1S/C16H13N3O4S/c1-22-14-8-7-13(19(20)21)9-12(14)10-24-16-18-17-15(23-16)11-5-3-2-4-6-11/h2-9H,10H2,1H3. The van der Waals surface area contributed by atoms with Crippen LogP contribution in [0.3, 0.4) is 0 Å². The lowest BCUT2D eigenvalue weighted by Crippen LogP contribution is -1.94. The average Bonchev–Trinajstić information content (AvgIpc) is 3.09. The summed E-state index contributed by atoms with van der Waals surface area (Å²) in [4.78, 5) is 10.5. The van der Waals surface area contributed by atoms with Crippen LogP contribution in [0.5, 0.6) is 5.75 Å². The van der Waals surface area contributed by atoms with Crippen LogP contribution in [0.4, 0.5) is 5.69 Å². The molecule has 0 radical (unpaired) electrons. The molecular weight excluding hydrogens is 330 g/mol. The van der Waals surface area contributed by atoms with Crippen LogP contribution in [0.1, 0.15) is 5.56 Å². The van der Waals surface area contributed by atoms with Crippen LogP contribution in [0.15, 0.2) is 58.2 Å². The highest BCUT2D eigenvalue weighted by molar-refractivity contribution is 7.98. The van der Waals surface area contributed by atoms with E-state index in [9.17, 15) is 10.1 Å². The summed E-state index contributed by atoms with van der Waals surface area (Å²) >= 11 is 1.30. The number of benzene rings is 2. The molecule has 0 unspecified atom stereocenters. The minimum atomic E-state index is -0.437. The second kappa shape index (κ2) is 7.14. The molecule has 8 heteroatoms. The highest BCUT2D eigenvalue weighted by Crippen LogP contribution is 2.31. The zero-order valence-electron chi connectivity index (χ0n) is 12.7. The summed E-state index contributed by atoms with van der Waals surface area (Å²) in [6.45, 7) is 0. The quantitative estimate of drug-likeness (QED) is 0.380. The molecule has 0 saturated carbocycles. The molecule has 0 amide bonds. The monoisotopic (exact) mass is 343 g/mol. The molecule has 0 aliphatic carbocycles. The van der Waals surface area contributed by atoms with Gasteiger partial charge in [0, 0.05) is 29.0 Å². The van der Waals surface area contributed by atoms with Crippen molar-refractivity contribution in [2.24, 2.45) is 0 Å². The van der Waals surface area contributed by atoms with E-state index in [1.54, 1.807) is 6.07 Å². The highest BCUT2D eigenvalue weighted by atomic mass is 32.2. The minimum absolute atomic E-state index is 0.0157. The third-order valence-corrected chi connectivity index (χ3v) is 4.12. The molecule has 0 bridgehead atoms. The van der Waals surface area contributed by atoms with Crippen molar-refractivity contribution in [1.82, 2.24) is 10.2 Å². The topological polar surface area (TPSA) is 91.3 Å². The van der Waals surface area contributed by atoms with Gasteiger partial charge in [0.05, 0.1) is 12.0 Å². The Hall–Kier alpha value is -2.87. The number of hydrogen-bond acceptors (Lipinski definition) is 7. The molecule has 0 fully saturated rings. The molecule has 1 aromatic heterocycles. The molecule has 0 N–H and O–H groups in total. The largest absolute Gasteiger partial charge is 0.496 e. The van der Waals surface area contributed by atoms with Crippen LogP contribution in [-0.4, -0.2) is 22.2 Å². The molecule has 0 aliphatic heterocycles. The summed E-state index contributed by atoms with van der Waals surface area (Å²) in [6.07, 6.45) is 0. The zero-order valence-corrected chi connectivity index (χ0v) is 13.5. The van der Waals surface area contributed by atoms with Crippen LogP contribution >= 0.6 is 11.8 Å². The summed E-state index contributed by atoms with van der Waals surface area (Å²) in [5.74, 6) is 1.43. The summed E-state index contributed by atoms with van der Waals surface area (Å²) in [6, 6.07) is 13.9. The third-order valence-electron chi connectivity index (χ3n) is 3.25. The lowest BCUT2D eigenvalue weighted by atomic mass is 10.2. The van der Waals surface area contributed by atoms with Gasteiger partial charge in [-0.2, -0.15) is 0 Å². The maximum atomic E-state index is 10.9. The molecule has 122 valence electrons. The van der Waals surface area contributed by atoms with Gasteiger partial charge in [-0.3, -0.25) is 10.1 Å². The Morgan fingerprint density at radius 2 is 2.00 bits per heavy atom. The van der Waals surface area contributed by atoms with Crippen LogP contribution in [0.2, 0.25) is 0 Å². The molecule has 3 aromatic rings. The Labute approximate surface area is 141 Å². The van der Waals surface area contributed by atoms with Gasteiger partial charge in [-0.15, -0.1) is 10.2 Å². The Morgan fingerprint density at radius 3 is 2.71 bits per heavy atom. The molecule has 7 nitrogen and oxygen atoms in total. The molecule has 0 atom stereocenters. The van der Waals surface area contributed by atoms with Crippen molar-refractivity contribution in [3.63, 3.8) is 0 Å². The Balaban J connectivity index is 1.75. The molecule has 0 aliphatic rings. The fourth-order valence-electron chi connectivity index (χ4n) is 2.10. The molecule has 24 heavy (non-hydrogen) atoms. The zero-order chi connectivity index (χ0) is 16.9. The van der Waals surface area contributed by atoms with E-state index in [2.05, 4.69) is 10.2 Å². The van der Waals surface area contributed by atoms with Crippen molar-refractivity contribution in [1.29, 1.82) is 0 Å².